The second-order valence-corrected chi connectivity index (χ2v) is 8.48. The Balaban J connectivity index is 1.59. The lowest BCUT2D eigenvalue weighted by molar-refractivity contribution is 0.0417. The largest absolute Gasteiger partial charge is 0.388 e. The second kappa shape index (κ2) is 9.75. The molecular weight excluding hydrogens is 348 g/mol. The maximum Gasteiger partial charge on any atom is 0.191 e. The van der Waals surface area contributed by atoms with Crippen LogP contribution in [0.3, 0.4) is 0 Å². The lowest BCUT2D eigenvalue weighted by Crippen LogP contribution is -2.52. The van der Waals surface area contributed by atoms with Crippen LogP contribution in [0.4, 0.5) is 0 Å². The molecule has 1 aromatic carbocycles. The highest BCUT2D eigenvalue weighted by atomic mass is 16.3. The Kier molecular flexibility index (Phi) is 7.36. The normalized spacial score (nSPS) is 25.7. The smallest absolute Gasteiger partial charge is 0.191 e. The van der Waals surface area contributed by atoms with Gasteiger partial charge < -0.3 is 15.7 Å². The molecule has 28 heavy (non-hydrogen) atoms. The Morgan fingerprint density at radius 1 is 1.11 bits per heavy atom. The van der Waals surface area contributed by atoms with Crippen molar-refractivity contribution in [3.05, 3.63) is 35.9 Å². The Morgan fingerprint density at radius 2 is 1.75 bits per heavy atom. The van der Waals surface area contributed by atoms with Crippen LogP contribution < -0.4 is 10.6 Å². The highest BCUT2D eigenvalue weighted by Gasteiger charge is 2.40. The molecule has 2 fully saturated rings. The zero-order chi connectivity index (χ0) is 20.0. The Bertz CT molecular complexity index is 615. The zero-order valence-corrected chi connectivity index (χ0v) is 17.8. The summed E-state index contributed by atoms with van der Waals surface area (Å²) in [5, 5.41) is 17.6. The van der Waals surface area contributed by atoms with Gasteiger partial charge >= 0.3 is 0 Å². The van der Waals surface area contributed by atoms with Gasteiger partial charge in [0.15, 0.2) is 5.96 Å². The fourth-order valence-electron chi connectivity index (χ4n) is 4.66. The summed E-state index contributed by atoms with van der Waals surface area (Å²) in [6.07, 6.45) is 6.39. The average Bonchev–Trinajstić information content (AvgIpc) is 2.95. The number of nitrogens with zero attached hydrogens (tertiary/aromatic N) is 2. The summed E-state index contributed by atoms with van der Waals surface area (Å²) in [6, 6.07) is 12.6. The third-order valence-corrected chi connectivity index (χ3v) is 6.63. The van der Waals surface area contributed by atoms with Crippen molar-refractivity contribution in [3.63, 3.8) is 0 Å². The SMILES string of the molecule is CCNC(=NCC(O)(CC)CC)NC1CC2CCC(C1)N2Cc1ccccc1. The first kappa shape index (κ1) is 21.1. The van der Waals surface area contributed by atoms with Gasteiger partial charge in [-0.05, 0) is 51.0 Å². The van der Waals surface area contributed by atoms with Crippen molar-refractivity contribution in [2.45, 2.75) is 89.6 Å². The van der Waals surface area contributed by atoms with Crippen LogP contribution in [0.5, 0.6) is 0 Å². The quantitative estimate of drug-likeness (QED) is 0.474. The molecule has 2 aliphatic heterocycles. The monoisotopic (exact) mass is 386 g/mol. The van der Waals surface area contributed by atoms with Gasteiger partial charge in [-0.2, -0.15) is 0 Å². The maximum absolute atomic E-state index is 10.6. The van der Waals surface area contributed by atoms with Crippen molar-refractivity contribution in [1.82, 2.24) is 15.5 Å². The van der Waals surface area contributed by atoms with E-state index in [1.807, 2.05) is 13.8 Å². The van der Waals surface area contributed by atoms with Gasteiger partial charge in [-0.25, -0.2) is 0 Å². The van der Waals surface area contributed by atoms with E-state index in [9.17, 15) is 5.11 Å². The Labute approximate surface area is 170 Å². The van der Waals surface area contributed by atoms with E-state index in [2.05, 4.69) is 52.8 Å². The number of rotatable bonds is 8. The summed E-state index contributed by atoms with van der Waals surface area (Å²) in [5.41, 5.74) is 0.722. The van der Waals surface area contributed by atoms with Gasteiger partial charge in [0, 0.05) is 31.2 Å². The van der Waals surface area contributed by atoms with Gasteiger partial charge in [-0.3, -0.25) is 9.89 Å². The van der Waals surface area contributed by atoms with Crippen molar-refractivity contribution in [2.75, 3.05) is 13.1 Å². The van der Waals surface area contributed by atoms with Gasteiger partial charge in [0.25, 0.3) is 0 Å². The van der Waals surface area contributed by atoms with Crippen LogP contribution in [0, 0.1) is 0 Å². The number of hydrogen-bond donors (Lipinski definition) is 3. The van der Waals surface area contributed by atoms with E-state index in [0.29, 0.717) is 24.7 Å². The van der Waals surface area contributed by atoms with Crippen LogP contribution in [0.25, 0.3) is 0 Å². The summed E-state index contributed by atoms with van der Waals surface area (Å²) < 4.78 is 0. The van der Waals surface area contributed by atoms with E-state index in [1.54, 1.807) is 0 Å². The lowest BCUT2D eigenvalue weighted by Gasteiger charge is -2.39. The van der Waals surface area contributed by atoms with E-state index in [0.717, 1.165) is 31.9 Å². The molecule has 2 bridgehead atoms. The molecule has 0 radical (unpaired) electrons. The molecule has 0 spiro atoms. The fraction of sp³-hybridized carbons (Fsp3) is 0.696. The summed E-state index contributed by atoms with van der Waals surface area (Å²) in [5.74, 6) is 0.851. The van der Waals surface area contributed by atoms with E-state index in [4.69, 9.17) is 4.99 Å². The van der Waals surface area contributed by atoms with Crippen molar-refractivity contribution in [1.29, 1.82) is 0 Å². The maximum atomic E-state index is 10.6. The van der Waals surface area contributed by atoms with Gasteiger partial charge in [0.05, 0.1) is 12.1 Å². The molecule has 0 amide bonds. The van der Waals surface area contributed by atoms with Gasteiger partial charge in [0.2, 0.25) is 0 Å². The molecule has 2 aliphatic rings. The van der Waals surface area contributed by atoms with Crippen molar-refractivity contribution in [2.24, 2.45) is 4.99 Å². The first-order valence-corrected chi connectivity index (χ1v) is 11.1. The topological polar surface area (TPSA) is 59.9 Å². The molecule has 1 aromatic rings. The molecule has 5 heteroatoms. The van der Waals surface area contributed by atoms with E-state index < -0.39 is 5.60 Å². The highest BCUT2D eigenvalue weighted by Crippen LogP contribution is 2.36. The fourth-order valence-corrected chi connectivity index (χ4v) is 4.66. The molecule has 2 unspecified atom stereocenters. The summed E-state index contributed by atoms with van der Waals surface area (Å²) in [6.45, 7) is 8.50. The van der Waals surface area contributed by atoms with Crippen molar-refractivity contribution >= 4 is 5.96 Å². The standard InChI is InChI=1S/C23H38N4O/c1-4-23(28,5-2)17-25-22(24-6-3)26-19-14-20-12-13-21(15-19)27(20)16-18-10-8-7-9-11-18/h7-11,19-21,28H,4-6,12-17H2,1-3H3,(H2,24,25,26). The van der Waals surface area contributed by atoms with Gasteiger partial charge in [-0.1, -0.05) is 44.2 Å². The summed E-state index contributed by atoms with van der Waals surface area (Å²) in [4.78, 5) is 7.42. The minimum atomic E-state index is -0.694. The lowest BCUT2D eigenvalue weighted by atomic mass is 9.96. The minimum Gasteiger partial charge on any atom is -0.388 e. The number of nitrogens with one attached hydrogen (secondary N) is 2. The number of piperidine rings is 1. The van der Waals surface area contributed by atoms with Gasteiger partial charge in [0.1, 0.15) is 0 Å². The van der Waals surface area contributed by atoms with Crippen LogP contribution in [0.2, 0.25) is 0 Å². The molecule has 3 N–H and O–H groups in total. The first-order chi connectivity index (χ1) is 13.6. The summed E-state index contributed by atoms with van der Waals surface area (Å²) in [7, 11) is 0. The van der Waals surface area contributed by atoms with Gasteiger partial charge in [-0.15, -0.1) is 0 Å². The number of hydrogen-bond acceptors (Lipinski definition) is 3. The number of benzene rings is 1. The highest BCUT2D eigenvalue weighted by molar-refractivity contribution is 5.80. The van der Waals surface area contributed by atoms with Crippen LogP contribution in [0.15, 0.2) is 35.3 Å². The zero-order valence-electron chi connectivity index (χ0n) is 17.8. The van der Waals surface area contributed by atoms with Crippen molar-refractivity contribution in [3.8, 4) is 0 Å². The minimum absolute atomic E-state index is 0.453. The molecule has 0 aromatic heterocycles. The molecule has 0 saturated carbocycles. The van der Waals surface area contributed by atoms with E-state index >= 15 is 0 Å². The third-order valence-electron chi connectivity index (χ3n) is 6.63. The van der Waals surface area contributed by atoms with Crippen LogP contribution in [0.1, 0.15) is 64.9 Å². The molecule has 0 aliphatic carbocycles. The second-order valence-electron chi connectivity index (χ2n) is 8.48. The van der Waals surface area contributed by atoms with Crippen LogP contribution in [-0.4, -0.2) is 52.8 Å². The molecule has 2 atom stereocenters. The average molecular weight is 387 g/mol. The third kappa shape index (κ3) is 5.26. The van der Waals surface area contributed by atoms with Crippen molar-refractivity contribution < 1.29 is 5.11 Å². The molecule has 5 nitrogen and oxygen atoms in total. The van der Waals surface area contributed by atoms with Crippen LogP contribution in [-0.2, 0) is 6.54 Å². The number of fused-ring (bicyclic) bond motifs is 2. The molecular formula is C23H38N4O. The molecule has 156 valence electrons. The predicted octanol–water partition coefficient (Wildman–Crippen LogP) is 3.29. The predicted molar refractivity (Wildman–Crippen MR) is 116 cm³/mol. The molecule has 2 heterocycles. The Hall–Kier alpha value is -1.59. The molecule has 3 rings (SSSR count). The Morgan fingerprint density at radius 3 is 2.32 bits per heavy atom. The number of aliphatic hydroxyl groups is 1. The van der Waals surface area contributed by atoms with Crippen LogP contribution >= 0.6 is 0 Å². The molecule has 2 saturated heterocycles. The summed E-state index contributed by atoms with van der Waals surface area (Å²) >= 11 is 0. The number of guanidine groups is 1. The van der Waals surface area contributed by atoms with E-state index in [1.165, 1.54) is 31.2 Å². The number of aliphatic imine (C=N–C) groups is 1. The first-order valence-electron chi connectivity index (χ1n) is 11.1. The van der Waals surface area contributed by atoms with E-state index in [-0.39, 0.29) is 0 Å².